The number of aromatic nitrogens is 2. The molecule has 2 N–H and O–H groups in total. The van der Waals surface area contributed by atoms with Crippen LogP contribution in [-0.2, 0) is 6.42 Å². The highest BCUT2D eigenvalue weighted by molar-refractivity contribution is 5.96. The molecule has 0 saturated heterocycles. The number of ether oxygens (including phenoxy) is 3. The van der Waals surface area contributed by atoms with Crippen LogP contribution in [0.1, 0.15) is 32.0 Å². The first kappa shape index (κ1) is 19.1. The van der Waals surface area contributed by atoms with Gasteiger partial charge in [0.25, 0.3) is 0 Å². The largest absolute Gasteiger partial charge is 0.493 e. The second kappa shape index (κ2) is 9.27. The SMILES string of the molecule is CCc1nc(NCCCCCO)c2cc(OC)c(OC)c(OC)c2n1. The quantitative estimate of drug-likeness (QED) is 0.638. The molecule has 0 aliphatic heterocycles. The van der Waals surface area contributed by atoms with Gasteiger partial charge in [0.2, 0.25) is 5.75 Å². The molecule has 0 atom stereocenters. The van der Waals surface area contributed by atoms with Gasteiger partial charge in [0.15, 0.2) is 11.5 Å². The van der Waals surface area contributed by atoms with Gasteiger partial charge in [0.1, 0.15) is 17.2 Å². The number of anilines is 1. The molecule has 0 fully saturated rings. The molecule has 138 valence electrons. The molecule has 1 heterocycles. The molecule has 0 saturated carbocycles. The summed E-state index contributed by atoms with van der Waals surface area (Å²) in [5.74, 6) is 3.12. The van der Waals surface area contributed by atoms with Crippen LogP contribution in [0.5, 0.6) is 17.2 Å². The van der Waals surface area contributed by atoms with Gasteiger partial charge < -0.3 is 24.6 Å². The second-order valence-electron chi connectivity index (χ2n) is 5.59. The van der Waals surface area contributed by atoms with E-state index in [0.29, 0.717) is 29.2 Å². The van der Waals surface area contributed by atoms with E-state index in [4.69, 9.17) is 19.3 Å². The Kier molecular flexibility index (Phi) is 7.06. The van der Waals surface area contributed by atoms with Crippen LogP contribution < -0.4 is 19.5 Å². The second-order valence-corrected chi connectivity index (χ2v) is 5.59. The zero-order valence-electron chi connectivity index (χ0n) is 15.4. The third kappa shape index (κ3) is 4.22. The number of hydrogen-bond donors (Lipinski definition) is 2. The van der Waals surface area contributed by atoms with Crippen molar-refractivity contribution in [1.29, 1.82) is 0 Å². The smallest absolute Gasteiger partial charge is 0.205 e. The lowest BCUT2D eigenvalue weighted by Crippen LogP contribution is -2.08. The van der Waals surface area contributed by atoms with Gasteiger partial charge >= 0.3 is 0 Å². The first-order chi connectivity index (χ1) is 12.2. The molecule has 25 heavy (non-hydrogen) atoms. The van der Waals surface area contributed by atoms with Gasteiger partial charge in [-0.3, -0.25) is 0 Å². The molecular weight excluding hydrogens is 322 g/mol. The van der Waals surface area contributed by atoms with E-state index >= 15 is 0 Å². The van der Waals surface area contributed by atoms with E-state index in [2.05, 4.69) is 15.3 Å². The molecule has 1 aromatic carbocycles. The summed E-state index contributed by atoms with van der Waals surface area (Å²) in [4.78, 5) is 9.24. The fraction of sp³-hybridized carbons (Fsp3) is 0.556. The van der Waals surface area contributed by atoms with Crippen LogP contribution in [-0.4, -0.2) is 49.6 Å². The van der Waals surface area contributed by atoms with E-state index in [1.54, 1.807) is 21.3 Å². The number of unbranched alkanes of at least 4 members (excludes halogenated alkanes) is 2. The highest BCUT2D eigenvalue weighted by atomic mass is 16.5. The number of aliphatic hydroxyl groups is 1. The summed E-state index contributed by atoms with van der Waals surface area (Å²) in [6, 6.07) is 1.87. The lowest BCUT2D eigenvalue weighted by molar-refractivity contribution is 0.283. The minimum Gasteiger partial charge on any atom is -0.493 e. The van der Waals surface area contributed by atoms with Crippen molar-refractivity contribution in [2.24, 2.45) is 0 Å². The van der Waals surface area contributed by atoms with Gasteiger partial charge in [-0.05, 0) is 25.3 Å². The number of methoxy groups -OCH3 is 3. The normalized spacial score (nSPS) is 10.8. The maximum Gasteiger partial charge on any atom is 0.205 e. The minimum absolute atomic E-state index is 0.227. The Bertz CT molecular complexity index is 707. The standard InChI is InChI=1S/C18H27N3O4/c1-5-14-20-15-12(18(21-14)19-9-7-6-8-10-22)11-13(23-2)16(24-3)17(15)25-4/h11,22H,5-10H2,1-4H3,(H,19,20,21). The van der Waals surface area contributed by atoms with Crippen molar-refractivity contribution in [2.75, 3.05) is 39.8 Å². The third-order valence-corrected chi connectivity index (χ3v) is 3.98. The van der Waals surface area contributed by atoms with Crippen LogP contribution in [0.2, 0.25) is 0 Å². The average Bonchev–Trinajstić information content (AvgIpc) is 2.65. The van der Waals surface area contributed by atoms with Crippen LogP contribution in [0, 0.1) is 0 Å². The molecular formula is C18H27N3O4. The number of aryl methyl sites for hydroxylation is 1. The molecule has 0 aliphatic rings. The van der Waals surface area contributed by atoms with E-state index in [1.807, 2.05) is 13.0 Å². The summed E-state index contributed by atoms with van der Waals surface area (Å²) in [7, 11) is 4.76. The van der Waals surface area contributed by atoms with Gasteiger partial charge in [-0.15, -0.1) is 0 Å². The Hall–Kier alpha value is -2.28. The fourth-order valence-corrected chi connectivity index (χ4v) is 2.69. The fourth-order valence-electron chi connectivity index (χ4n) is 2.69. The highest BCUT2D eigenvalue weighted by Crippen LogP contribution is 2.44. The van der Waals surface area contributed by atoms with Gasteiger partial charge in [-0.25, -0.2) is 9.97 Å². The van der Waals surface area contributed by atoms with Gasteiger partial charge in [0, 0.05) is 19.6 Å². The molecule has 0 spiro atoms. The summed E-state index contributed by atoms with van der Waals surface area (Å²) < 4.78 is 16.4. The monoisotopic (exact) mass is 349 g/mol. The maximum atomic E-state index is 8.88. The summed E-state index contributed by atoms with van der Waals surface area (Å²) in [6.07, 6.45) is 3.45. The molecule has 0 unspecified atom stereocenters. The molecule has 1 aromatic heterocycles. The number of rotatable bonds is 10. The Labute approximate surface area is 148 Å². The minimum atomic E-state index is 0.227. The van der Waals surface area contributed by atoms with E-state index in [1.165, 1.54) is 0 Å². The molecule has 7 nitrogen and oxygen atoms in total. The molecule has 0 bridgehead atoms. The molecule has 0 radical (unpaired) electrons. The van der Waals surface area contributed by atoms with Crippen LogP contribution in [0.25, 0.3) is 10.9 Å². The van der Waals surface area contributed by atoms with Crippen molar-refractivity contribution in [1.82, 2.24) is 9.97 Å². The average molecular weight is 349 g/mol. The van der Waals surface area contributed by atoms with Gasteiger partial charge in [-0.2, -0.15) is 0 Å². The van der Waals surface area contributed by atoms with Crippen molar-refractivity contribution >= 4 is 16.7 Å². The zero-order chi connectivity index (χ0) is 18.2. The van der Waals surface area contributed by atoms with Gasteiger partial charge in [-0.1, -0.05) is 6.92 Å². The lowest BCUT2D eigenvalue weighted by Gasteiger charge is -2.17. The summed E-state index contributed by atoms with van der Waals surface area (Å²) in [6.45, 7) is 3.01. The zero-order valence-corrected chi connectivity index (χ0v) is 15.4. The van der Waals surface area contributed by atoms with Crippen molar-refractivity contribution in [3.63, 3.8) is 0 Å². The summed E-state index contributed by atoms with van der Waals surface area (Å²) >= 11 is 0. The van der Waals surface area contributed by atoms with Crippen LogP contribution in [0.3, 0.4) is 0 Å². The van der Waals surface area contributed by atoms with E-state index in [0.717, 1.165) is 42.8 Å². The predicted molar refractivity (Wildman–Crippen MR) is 98.0 cm³/mol. The van der Waals surface area contributed by atoms with Crippen molar-refractivity contribution in [3.05, 3.63) is 11.9 Å². The molecule has 2 aromatic rings. The van der Waals surface area contributed by atoms with E-state index in [9.17, 15) is 0 Å². The van der Waals surface area contributed by atoms with Crippen LogP contribution >= 0.6 is 0 Å². The summed E-state index contributed by atoms with van der Waals surface area (Å²) in [5.41, 5.74) is 0.699. The maximum absolute atomic E-state index is 8.88. The number of nitrogens with zero attached hydrogens (tertiary/aromatic N) is 2. The predicted octanol–water partition coefficient (Wildman–Crippen LogP) is 2.79. The topological polar surface area (TPSA) is 85.7 Å². The molecule has 0 amide bonds. The van der Waals surface area contributed by atoms with Gasteiger partial charge in [0.05, 0.1) is 26.7 Å². The Morgan fingerprint density at radius 3 is 2.36 bits per heavy atom. The van der Waals surface area contributed by atoms with Crippen LogP contribution in [0.4, 0.5) is 5.82 Å². The van der Waals surface area contributed by atoms with Crippen molar-refractivity contribution in [2.45, 2.75) is 32.6 Å². The number of fused-ring (bicyclic) bond motifs is 1. The third-order valence-electron chi connectivity index (χ3n) is 3.98. The molecule has 2 rings (SSSR count). The number of benzene rings is 1. The Morgan fingerprint density at radius 2 is 1.76 bits per heavy atom. The van der Waals surface area contributed by atoms with Crippen molar-refractivity contribution in [3.8, 4) is 17.2 Å². The highest BCUT2D eigenvalue weighted by Gasteiger charge is 2.20. The van der Waals surface area contributed by atoms with E-state index < -0.39 is 0 Å². The Morgan fingerprint density at radius 1 is 1.00 bits per heavy atom. The first-order valence-electron chi connectivity index (χ1n) is 8.54. The lowest BCUT2D eigenvalue weighted by atomic mass is 10.1. The number of hydrogen-bond acceptors (Lipinski definition) is 7. The van der Waals surface area contributed by atoms with E-state index in [-0.39, 0.29) is 6.61 Å². The van der Waals surface area contributed by atoms with Crippen molar-refractivity contribution < 1.29 is 19.3 Å². The Balaban J connectivity index is 2.49. The first-order valence-corrected chi connectivity index (χ1v) is 8.54. The molecule has 7 heteroatoms. The van der Waals surface area contributed by atoms with Crippen LogP contribution in [0.15, 0.2) is 6.07 Å². The molecule has 0 aliphatic carbocycles. The number of nitrogens with one attached hydrogen (secondary N) is 1. The number of aliphatic hydroxyl groups excluding tert-OH is 1. The summed E-state index contributed by atoms with van der Waals surface area (Å²) in [5, 5.41) is 13.1.